The van der Waals surface area contributed by atoms with Crippen LogP contribution in [0.25, 0.3) is 0 Å². The lowest BCUT2D eigenvalue weighted by Crippen LogP contribution is -2.37. The van der Waals surface area contributed by atoms with Gasteiger partial charge in [-0.2, -0.15) is 5.10 Å². The van der Waals surface area contributed by atoms with Crippen molar-refractivity contribution in [1.82, 2.24) is 15.5 Å². The molecule has 21 heavy (non-hydrogen) atoms. The van der Waals surface area contributed by atoms with Crippen LogP contribution in [0.5, 0.6) is 0 Å². The zero-order valence-corrected chi connectivity index (χ0v) is 12.3. The van der Waals surface area contributed by atoms with Crippen molar-refractivity contribution >= 4 is 23.8 Å². The maximum atomic E-state index is 11.6. The number of esters is 1. The van der Waals surface area contributed by atoms with Crippen LogP contribution in [0.3, 0.4) is 0 Å². The zero-order valence-electron chi connectivity index (χ0n) is 12.3. The summed E-state index contributed by atoms with van der Waals surface area (Å²) in [5, 5.41) is 10.8. The van der Waals surface area contributed by atoms with Crippen molar-refractivity contribution < 1.29 is 23.9 Å². The molecular formula is C12H18N4O5. The molecule has 0 fully saturated rings. The molecule has 0 aromatic carbocycles. The molecule has 0 aliphatic heterocycles. The Kier molecular flexibility index (Phi) is 5.28. The quantitative estimate of drug-likeness (QED) is 0.702. The van der Waals surface area contributed by atoms with Crippen molar-refractivity contribution in [3.05, 3.63) is 11.8 Å². The number of amides is 2. The predicted molar refractivity (Wildman–Crippen MR) is 72.8 cm³/mol. The van der Waals surface area contributed by atoms with Crippen molar-refractivity contribution in [2.24, 2.45) is 0 Å². The van der Waals surface area contributed by atoms with Crippen LogP contribution in [0.15, 0.2) is 6.07 Å². The van der Waals surface area contributed by atoms with E-state index in [0.717, 1.165) is 0 Å². The molecule has 0 bridgehead atoms. The summed E-state index contributed by atoms with van der Waals surface area (Å²) in [6.45, 7) is 4.86. The highest BCUT2D eigenvalue weighted by atomic mass is 16.6. The minimum atomic E-state index is -0.699. The molecule has 2 amide bonds. The van der Waals surface area contributed by atoms with Crippen LogP contribution in [0.1, 0.15) is 31.3 Å². The van der Waals surface area contributed by atoms with Gasteiger partial charge >= 0.3 is 12.1 Å². The Morgan fingerprint density at radius 2 is 2.00 bits per heavy atom. The minimum Gasteiger partial charge on any atom is -0.464 e. The number of aromatic nitrogens is 2. The molecule has 9 heteroatoms. The lowest BCUT2D eigenvalue weighted by atomic mass is 10.2. The molecule has 1 aromatic rings. The molecule has 0 saturated heterocycles. The Morgan fingerprint density at radius 1 is 1.33 bits per heavy atom. The highest BCUT2D eigenvalue weighted by Gasteiger charge is 2.17. The summed E-state index contributed by atoms with van der Waals surface area (Å²) in [7, 11) is 1.23. The molecular weight excluding hydrogens is 280 g/mol. The standard InChI is InChI=1S/C12H18N4O5/c1-12(2,3)21-11(19)13-6-9(17)14-8-5-7(15-16-8)10(18)20-4/h5H,6H2,1-4H3,(H,13,19)(H2,14,15,16,17). The summed E-state index contributed by atoms with van der Waals surface area (Å²) in [4.78, 5) is 34.1. The normalized spacial score (nSPS) is 10.7. The van der Waals surface area contributed by atoms with Crippen molar-refractivity contribution in [2.45, 2.75) is 26.4 Å². The molecule has 1 heterocycles. The molecule has 1 rings (SSSR count). The Bertz CT molecular complexity index is 532. The van der Waals surface area contributed by atoms with Crippen LogP contribution in [-0.2, 0) is 14.3 Å². The summed E-state index contributed by atoms with van der Waals surface area (Å²) in [6.07, 6.45) is -0.699. The van der Waals surface area contributed by atoms with Crippen molar-refractivity contribution in [3.63, 3.8) is 0 Å². The Morgan fingerprint density at radius 3 is 2.57 bits per heavy atom. The van der Waals surface area contributed by atoms with E-state index in [1.165, 1.54) is 13.2 Å². The molecule has 116 valence electrons. The number of nitrogens with one attached hydrogen (secondary N) is 3. The number of hydrogen-bond donors (Lipinski definition) is 3. The Labute approximate surface area is 121 Å². The van der Waals surface area contributed by atoms with E-state index in [1.54, 1.807) is 20.8 Å². The van der Waals surface area contributed by atoms with Gasteiger partial charge in [0.1, 0.15) is 17.8 Å². The van der Waals surface area contributed by atoms with Gasteiger partial charge < -0.3 is 20.1 Å². The number of carbonyl (C=O) groups is 3. The van der Waals surface area contributed by atoms with Gasteiger partial charge in [0.05, 0.1) is 7.11 Å². The van der Waals surface area contributed by atoms with Crippen LogP contribution in [0.2, 0.25) is 0 Å². The van der Waals surface area contributed by atoms with Gasteiger partial charge in [0.2, 0.25) is 5.91 Å². The maximum absolute atomic E-state index is 11.6. The van der Waals surface area contributed by atoms with Gasteiger partial charge in [-0.3, -0.25) is 9.89 Å². The first-order chi connectivity index (χ1) is 9.71. The molecule has 9 nitrogen and oxygen atoms in total. The SMILES string of the molecule is COC(=O)c1cc(NC(=O)CNC(=O)OC(C)(C)C)n[nH]1. The Hall–Kier alpha value is -2.58. The highest BCUT2D eigenvalue weighted by Crippen LogP contribution is 2.07. The van der Waals surface area contributed by atoms with Gasteiger partial charge in [0.25, 0.3) is 0 Å². The van der Waals surface area contributed by atoms with Gasteiger partial charge in [0, 0.05) is 6.07 Å². The maximum Gasteiger partial charge on any atom is 0.408 e. The number of anilines is 1. The van der Waals surface area contributed by atoms with Crippen molar-refractivity contribution in [1.29, 1.82) is 0 Å². The topological polar surface area (TPSA) is 122 Å². The molecule has 1 aromatic heterocycles. The first-order valence-corrected chi connectivity index (χ1v) is 6.11. The molecule has 0 unspecified atom stereocenters. The lowest BCUT2D eigenvalue weighted by Gasteiger charge is -2.19. The molecule has 0 saturated carbocycles. The summed E-state index contributed by atoms with van der Waals surface area (Å²) in [5.41, 5.74) is -0.536. The number of methoxy groups -OCH3 is 1. The third kappa shape index (κ3) is 5.93. The van der Waals surface area contributed by atoms with Crippen LogP contribution < -0.4 is 10.6 Å². The number of H-pyrrole nitrogens is 1. The van der Waals surface area contributed by atoms with Gasteiger partial charge in [-0.25, -0.2) is 9.59 Å². The number of aromatic amines is 1. The van der Waals surface area contributed by atoms with Crippen LogP contribution >= 0.6 is 0 Å². The van der Waals surface area contributed by atoms with Gasteiger partial charge in [-0.05, 0) is 20.8 Å². The summed E-state index contributed by atoms with van der Waals surface area (Å²) < 4.78 is 9.46. The van der Waals surface area contributed by atoms with Crippen LogP contribution in [-0.4, -0.2) is 47.4 Å². The predicted octanol–water partition coefficient (Wildman–Crippen LogP) is 0.659. The number of nitrogens with zero attached hydrogens (tertiary/aromatic N) is 1. The first-order valence-electron chi connectivity index (χ1n) is 6.11. The molecule has 0 aliphatic rings. The molecule has 0 spiro atoms. The summed E-state index contributed by atoms with van der Waals surface area (Å²) in [6, 6.07) is 1.32. The van der Waals surface area contributed by atoms with E-state index in [1.807, 2.05) is 0 Å². The fourth-order valence-corrected chi connectivity index (χ4v) is 1.25. The second-order valence-electron chi connectivity index (χ2n) is 5.06. The van der Waals surface area contributed by atoms with E-state index in [-0.39, 0.29) is 18.1 Å². The van der Waals surface area contributed by atoms with E-state index >= 15 is 0 Å². The number of carbonyl (C=O) groups excluding carboxylic acids is 3. The first kappa shape index (κ1) is 16.5. The fraction of sp³-hybridized carbons (Fsp3) is 0.500. The van der Waals surface area contributed by atoms with Crippen molar-refractivity contribution in [3.8, 4) is 0 Å². The highest BCUT2D eigenvalue weighted by molar-refractivity contribution is 5.94. The van der Waals surface area contributed by atoms with E-state index in [4.69, 9.17) is 4.74 Å². The van der Waals surface area contributed by atoms with Gasteiger partial charge in [0.15, 0.2) is 5.82 Å². The second kappa shape index (κ2) is 6.73. The lowest BCUT2D eigenvalue weighted by molar-refractivity contribution is -0.115. The third-order valence-corrected chi connectivity index (χ3v) is 2.04. The zero-order chi connectivity index (χ0) is 16.0. The van der Waals surface area contributed by atoms with E-state index in [9.17, 15) is 14.4 Å². The smallest absolute Gasteiger partial charge is 0.408 e. The molecule has 0 atom stereocenters. The number of rotatable bonds is 4. The van der Waals surface area contributed by atoms with E-state index < -0.39 is 23.6 Å². The number of ether oxygens (including phenoxy) is 2. The molecule has 0 radical (unpaired) electrons. The largest absolute Gasteiger partial charge is 0.464 e. The van der Waals surface area contributed by atoms with Gasteiger partial charge in [-0.1, -0.05) is 0 Å². The van der Waals surface area contributed by atoms with E-state index in [2.05, 4.69) is 25.6 Å². The molecule has 3 N–H and O–H groups in total. The average Bonchev–Trinajstić information content (AvgIpc) is 2.82. The third-order valence-electron chi connectivity index (χ3n) is 2.04. The average molecular weight is 298 g/mol. The monoisotopic (exact) mass is 298 g/mol. The summed E-state index contributed by atoms with van der Waals surface area (Å²) >= 11 is 0. The minimum absolute atomic E-state index is 0.105. The van der Waals surface area contributed by atoms with Crippen molar-refractivity contribution in [2.75, 3.05) is 19.0 Å². The summed E-state index contributed by atoms with van der Waals surface area (Å²) in [5.74, 6) is -0.968. The van der Waals surface area contributed by atoms with Gasteiger partial charge in [-0.15, -0.1) is 0 Å². The van der Waals surface area contributed by atoms with Crippen LogP contribution in [0, 0.1) is 0 Å². The number of hydrogen-bond acceptors (Lipinski definition) is 6. The second-order valence-corrected chi connectivity index (χ2v) is 5.06. The number of alkyl carbamates (subject to hydrolysis) is 1. The Balaban J connectivity index is 2.42. The van der Waals surface area contributed by atoms with Crippen LogP contribution in [0.4, 0.5) is 10.6 Å². The molecule has 0 aliphatic carbocycles. The fourth-order valence-electron chi connectivity index (χ4n) is 1.25. The van der Waals surface area contributed by atoms with E-state index in [0.29, 0.717) is 0 Å².